The minimum atomic E-state index is -0.231. The molecule has 0 bridgehead atoms. The van der Waals surface area contributed by atoms with Crippen molar-refractivity contribution in [3.8, 4) is 0 Å². The second kappa shape index (κ2) is 7.63. The maximum Gasteiger partial charge on any atom is 0.277 e. The summed E-state index contributed by atoms with van der Waals surface area (Å²) in [6.07, 6.45) is 1.39. The second-order valence-corrected chi connectivity index (χ2v) is 6.56. The highest BCUT2D eigenvalue weighted by molar-refractivity contribution is 6.30. The predicted molar refractivity (Wildman–Crippen MR) is 101 cm³/mol. The molecule has 0 saturated heterocycles. The highest BCUT2D eigenvalue weighted by Crippen LogP contribution is 2.18. The first-order valence-corrected chi connectivity index (χ1v) is 8.39. The van der Waals surface area contributed by atoms with Crippen molar-refractivity contribution < 1.29 is 0 Å². The second-order valence-electron chi connectivity index (χ2n) is 6.12. The lowest BCUT2D eigenvalue weighted by molar-refractivity contribution is 0.412. The molecule has 130 valence electrons. The fourth-order valence-corrected chi connectivity index (χ4v) is 2.65. The van der Waals surface area contributed by atoms with Crippen LogP contribution in [0.3, 0.4) is 0 Å². The number of hydrogen-bond acceptors (Lipinski definition) is 5. The summed E-state index contributed by atoms with van der Waals surface area (Å²) in [5.74, 6) is 0.753. The van der Waals surface area contributed by atoms with Crippen molar-refractivity contribution in [2.24, 2.45) is 0 Å². The average Bonchev–Trinajstić information content (AvgIpc) is 2.60. The van der Waals surface area contributed by atoms with E-state index in [1.54, 1.807) is 0 Å². The number of pyridine rings is 1. The molecule has 1 aromatic carbocycles. The minimum absolute atomic E-state index is 0.231. The summed E-state index contributed by atoms with van der Waals surface area (Å²) in [6.45, 7) is 2.34. The van der Waals surface area contributed by atoms with E-state index in [9.17, 15) is 4.79 Å². The molecule has 0 fully saturated rings. The minimum Gasteiger partial charge on any atom is -0.351 e. The molecular weight excluding hydrogens is 338 g/mol. The molecule has 2 heterocycles. The SMILES string of the molecule is CN(C)CCN(Cc1ccc(Cl)cc1)c1ccc2nc[nH]c(=O)c2n1. The van der Waals surface area contributed by atoms with Crippen LogP contribution in [0.2, 0.25) is 5.02 Å². The number of nitrogens with one attached hydrogen (secondary N) is 1. The number of H-pyrrole nitrogens is 1. The highest BCUT2D eigenvalue weighted by Gasteiger charge is 2.12. The van der Waals surface area contributed by atoms with E-state index in [0.29, 0.717) is 22.6 Å². The number of rotatable bonds is 6. The summed E-state index contributed by atoms with van der Waals surface area (Å²) in [4.78, 5) is 27.5. The Hall–Kier alpha value is -2.44. The van der Waals surface area contributed by atoms with E-state index in [1.807, 2.05) is 50.5 Å². The van der Waals surface area contributed by atoms with Crippen molar-refractivity contribution >= 4 is 28.5 Å². The third-order valence-corrected chi connectivity index (χ3v) is 4.15. The average molecular weight is 358 g/mol. The molecule has 2 aromatic heterocycles. The zero-order valence-electron chi connectivity index (χ0n) is 14.2. The smallest absolute Gasteiger partial charge is 0.277 e. The van der Waals surface area contributed by atoms with Gasteiger partial charge in [0.25, 0.3) is 5.56 Å². The number of hydrogen-bond donors (Lipinski definition) is 1. The number of likely N-dealkylation sites (N-methyl/N-ethyl adjacent to an activating group) is 1. The van der Waals surface area contributed by atoms with Gasteiger partial charge in [-0.2, -0.15) is 0 Å². The van der Waals surface area contributed by atoms with E-state index in [2.05, 4.69) is 24.8 Å². The van der Waals surface area contributed by atoms with Crippen LogP contribution in [0.25, 0.3) is 11.0 Å². The summed E-state index contributed by atoms with van der Waals surface area (Å²) >= 11 is 5.97. The maximum absolute atomic E-state index is 12.0. The standard InChI is InChI=1S/C18H20ClN5O/c1-23(2)9-10-24(11-13-3-5-14(19)6-4-13)16-8-7-15-17(22-16)18(25)21-12-20-15/h3-8,12H,9-11H2,1-2H3,(H,20,21,25). The zero-order valence-corrected chi connectivity index (χ0v) is 15.0. The van der Waals surface area contributed by atoms with Crippen LogP contribution >= 0.6 is 11.6 Å². The number of anilines is 1. The van der Waals surface area contributed by atoms with Gasteiger partial charge in [-0.3, -0.25) is 4.79 Å². The molecule has 6 nitrogen and oxygen atoms in total. The molecule has 7 heteroatoms. The first kappa shape index (κ1) is 17.4. The van der Waals surface area contributed by atoms with Gasteiger partial charge in [-0.05, 0) is 43.9 Å². The van der Waals surface area contributed by atoms with E-state index < -0.39 is 0 Å². The summed E-state index contributed by atoms with van der Waals surface area (Å²) in [5.41, 5.74) is 1.84. The van der Waals surface area contributed by atoms with Gasteiger partial charge in [0.2, 0.25) is 0 Å². The van der Waals surface area contributed by atoms with Crippen molar-refractivity contribution in [3.63, 3.8) is 0 Å². The molecule has 0 radical (unpaired) electrons. The quantitative estimate of drug-likeness (QED) is 0.734. The van der Waals surface area contributed by atoms with Crippen molar-refractivity contribution in [2.75, 3.05) is 32.1 Å². The third kappa shape index (κ3) is 4.35. The molecular formula is C18H20ClN5O. The van der Waals surface area contributed by atoms with Crippen LogP contribution in [-0.4, -0.2) is 47.0 Å². The lowest BCUT2D eigenvalue weighted by Gasteiger charge is -2.25. The maximum atomic E-state index is 12.0. The van der Waals surface area contributed by atoms with Crippen LogP contribution in [0.4, 0.5) is 5.82 Å². The number of nitrogens with zero attached hydrogens (tertiary/aromatic N) is 4. The van der Waals surface area contributed by atoms with Crippen molar-refractivity contribution in [1.29, 1.82) is 0 Å². The topological polar surface area (TPSA) is 65.1 Å². The Bertz CT molecular complexity index is 907. The zero-order chi connectivity index (χ0) is 17.8. The van der Waals surface area contributed by atoms with E-state index in [1.165, 1.54) is 6.33 Å². The monoisotopic (exact) mass is 357 g/mol. The predicted octanol–water partition coefficient (Wildman–Crippen LogP) is 2.54. The van der Waals surface area contributed by atoms with Crippen LogP contribution in [0.5, 0.6) is 0 Å². The Morgan fingerprint density at radius 3 is 2.56 bits per heavy atom. The molecule has 0 aliphatic rings. The fourth-order valence-electron chi connectivity index (χ4n) is 2.52. The fraction of sp³-hybridized carbons (Fsp3) is 0.278. The van der Waals surface area contributed by atoms with Crippen molar-refractivity contribution in [3.05, 3.63) is 63.7 Å². The van der Waals surface area contributed by atoms with E-state index in [4.69, 9.17) is 11.6 Å². The highest BCUT2D eigenvalue weighted by atomic mass is 35.5. The number of aromatic nitrogens is 3. The van der Waals surface area contributed by atoms with Crippen molar-refractivity contribution in [1.82, 2.24) is 19.9 Å². The molecule has 3 aromatic rings. The molecule has 0 saturated carbocycles. The van der Waals surface area contributed by atoms with Gasteiger partial charge in [0.15, 0.2) is 5.52 Å². The van der Waals surface area contributed by atoms with Crippen molar-refractivity contribution in [2.45, 2.75) is 6.54 Å². The number of aromatic amines is 1. The largest absolute Gasteiger partial charge is 0.351 e. The lowest BCUT2D eigenvalue weighted by atomic mass is 10.2. The van der Waals surface area contributed by atoms with Gasteiger partial charge in [0.1, 0.15) is 5.82 Å². The van der Waals surface area contributed by atoms with Gasteiger partial charge in [-0.15, -0.1) is 0 Å². The van der Waals surface area contributed by atoms with Gasteiger partial charge in [0, 0.05) is 24.7 Å². The molecule has 25 heavy (non-hydrogen) atoms. The molecule has 0 atom stereocenters. The van der Waals surface area contributed by atoms with E-state index in [0.717, 1.165) is 24.5 Å². The van der Waals surface area contributed by atoms with Crippen LogP contribution < -0.4 is 10.5 Å². The first-order valence-electron chi connectivity index (χ1n) is 8.01. The molecule has 0 aliphatic heterocycles. The Balaban J connectivity index is 1.94. The number of benzene rings is 1. The summed E-state index contributed by atoms with van der Waals surface area (Å²) in [5, 5.41) is 0.713. The Morgan fingerprint density at radius 2 is 1.84 bits per heavy atom. The Kier molecular flexibility index (Phi) is 5.31. The first-order chi connectivity index (χ1) is 12.0. The van der Waals surface area contributed by atoms with Crippen LogP contribution in [0.15, 0.2) is 47.5 Å². The van der Waals surface area contributed by atoms with Gasteiger partial charge >= 0.3 is 0 Å². The molecule has 1 N–H and O–H groups in total. The van der Waals surface area contributed by atoms with Crippen LogP contribution in [-0.2, 0) is 6.54 Å². The van der Waals surface area contributed by atoms with Gasteiger partial charge in [-0.1, -0.05) is 23.7 Å². The molecule has 0 aliphatic carbocycles. The van der Waals surface area contributed by atoms with Gasteiger partial charge < -0.3 is 14.8 Å². The number of halogens is 1. The molecule has 0 unspecified atom stereocenters. The lowest BCUT2D eigenvalue weighted by Crippen LogP contribution is -2.32. The van der Waals surface area contributed by atoms with Gasteiger partial charge in [0.05, 0.1) is 11.8 Å². The van der Waals surface area contributed by atoms with E-state index in [-0.39, 0.29) is 5.56 Å². The summed E-state index contributed by atoms with van der Waals surface area (Å²) in [7, 11) is 4.06. The van der Waals surface area contributed by atoms with E-state index >= 15 is 0 Å². The Labute approximate surface area is 151 Å². The molecule has 0 spiro atoms. The van der Waals surface area contributed by atoms with Crippen LogP contribution in [0, 0.1) is 0 Å². The normalized spacial score (nSPS) is 11.2. The summed E-state index contributed by atoms with van der Waals surface area (Å²) in [6, 6.07) is 11.5. The Morgan fingerprint density at radius 1 is 1.08 bits per heavy atom. The summed E-state index contributed by atoms with van der Waals surface area (Å²) < 4.78 is 0. The van der Waals surface area contributed by atoms with Crippen LogP contribution in [0.1, 0.15) is 5.56 Å². The number of fused-ring (bicyclic) bond motifs is 1. The third-order valence-electron chi connectivity index (χ3n) is 3.90. The molecule has 0 amide bonds. The van der Waals surface area contributed by atoms with Gasteiger partial charge in [-0.25, -0.2) is 9.97 Å². The molecule has 3 rings (SSSR count).